The summed E-state index contributed by atoms with van der Waals surface area (Å²) < 4.78 is 16.0. The number of halogens is 1. The molecule has 3 aromatic heterocycles. The van der Waals surface area contributed by atoms with Gasteiger partial charge in [0.25, 0.3) is 5.56 Å². The first kappa shape index (κ1) is 20.8. The number of hydrogen-bond acceptors (Lipinski definition) is 5. The number of nitrogens with one attached hydrogen (secondary N) is 1. The molecule has 1 saturated heterocycles. The quantitative estimate of drug-likeness (QED) is 0.489. The van der Waals surface area contributed by atoms with Crippen molar-refractivity contribution in [1.82, 2.24) is 29.7 Å². The number of fused-ring (bicyclic) bond motifs is 2. The van der Waals surface area contributed by atoms with Crippen molar-refractivity contribution in [1.29, 1.82) is 0 Å². The summed E-state index contributed by atoms with van der Waals surface area (Å²) in [6, 6.07) is 4.87. The summed E-state index contributed by atoms with van der Waals surface area (Å²) in [6.07, 6.45) is 10.6. The number of aromatic nitrogens is 5. The van der Waals surface area contributed by atoms with E-state index in [9.17, 15) is 9.18 Å². The molecule has 1 saturated carbocycles. The number of benzene rings is 1. The SMILES string of the molecule is CN1CCCCC12CC2.Cc1cn2nc(-c3cc(F)c4c(=O)[nH]ncc4c3)cc(C)c2n1. The van der Waals surface area contributed by atoms with Crippen molar-refractivity contribution in [2.24, 2.45) is 0 Å². The van der Waals surface area contributed by atoms with Gasteiger partial charge in [-0.25, -0.2) is 19.0 Å². The summed E-state index contributed by atoms with van der Waals surface area (Å²) in [5.41, 5.74) is 3.93. The third-order valence-electron chi connectivity index (χ3n) is 6.77. The van der Waals surface area contributed by atoms with Crippen LogP contribution in [-0.2, 0) is 0 Å². The molecule has 1 aromatic carbocycles. The second kappa shape index (κ2) is 7.78. The number of nitrogens with zero attached hydrogens (tertiary/aromatic N) is 5. The molecule has 1 N–H and O–H groups in total. The molecule has 0 bridgehead atoms. The van der Waals surface area contributed by atoms with Crippen LogP contribution < -0.4 is 5.56 Å². The Morgan fingerprint density at radius 1 is 1.12 bits per heavy atom. The molecule has 1 spiro atoms. The van der Waals surface area contributed by atoms with Crippen molar-refractivity contribution in [2.45, 2.75) is 51.5 Å². The lowest BCUT2D eigenvalue weighted by atomic mass is 10.0. The van der Waals surface area contributed by atoms with Gasteiger partial charge in [0.2, 0.25) is 0 Å². The van der Waals surface area contributed by atoms with Crippen LogP contribution in [0.1, 0.15) is 43.4 Å². The summed E-state index contributed by atoms with van der Waals surface area (Å²) in [6.45, 7) is 5.16. The van der Waals surface area contributed by atoms with E-state index in [0.717, 1.165) is 22.4 Å². The van der Waals surface area contributed by atoms with Crippen LogP contribution in [-0.4, -0.2) is 48.8 Å². The highest BCUT2D eigenvalue weighted by atomic mass is 19.1. The molecule has 0 unspecified atom stereocenters. The van der Waals surface area contributed by atoms with Crippen molar-refractivity contribution in [3.63, 3.8) is 0 Å². The Kier molecular flexibility index (Phi) is 5.04. The Bertz CT molecular complexity index is 1370. The standard InChI is InChI=1S/C16H12FN5O.C8H15N/c1-8-3-13(21-22-7-9(2)19-15(8)22)10-4-11-6-18-20-16(23)14(11)12(17)5-10;1-9-7-3-2-4-8(9)5-6-8/h3-7H,1-2H3,(H,20,23);2-7H2,1H3. The molecule has 166 valence electrons. The lowest BCUT2D eigenvalue weighted by Crippen LogP contribution is -2.37. The van der Waals surface area contributed by atoms with Gasteiger partial charge in [-0.3, -0.25) is 4.79 Å². The molecule has 0 atom stereocenters. The average Bonchev–Trinajstić information content (AvgIpc) is 3.43. The summed E-state index contributed by atoms with van der Waals surface area (Å²) in [4.78, 5) is 18.7. The third-order valence-corrected chi connectivity index (χ3v) is 6.77. The van der Waals surface area contributed by atoms with Crippen molar-refractivity contribution in [2.75, 3.05) is 13.6 Å². The smallest absolute Gasteiger partial charge is 0.275 e. The number of rotatable bonds is 1. The Labute approximate surface area is 185 Å². The number of likely N-dealkylation sites (tertiary alicyclic amines) is 1. The second-order valence-corrected chi connectivity index (χ2v) is 9.09. The zero-order valence-corrected chi connectivity index (χ0v) is 18.7. The summed E-state index contributed by atoms with van der Waals surface area (Å²) in [5, 5.41) is 10.9. The van der Waals surface area contributed by atoms with Crippen molar-refractivity contribution in [3.8, 4) is 11.3 Å². The van der Waals surface area contributed by atoms with Crippen LogP contribution in [0.2, 0.25) is 0 Å². The molecule has 4 aromatic rings. The molecular weight excluding hydrogens is 407 g/mol. The van der Waals surface area contributed by atoms with E-state index in [-0.39, 0.29) is 5.39 Å². The van der Waals surface area contributed by atoms with Crippen molar-refractivity contribution in [3.05, 3.63) is 58.0 Å². The van der Waals surface area contributed by atoms with Gasteiger partial charge in [-0.15, -0.1) is 0 Å². The van der Waals surface area contributed by atoms with Gasteiger partial charge < -0.3 is 4.90 Å². The van der Waals surface area contributed by atoms with Gasteiger partial charge in [-0.2, -0.15) is 10.2 Å². The maximum atomic E-state index is 14.3. The molecule has 2 fully saturated rings. The van der Waals surface area contributed by atoms with E-state index in [4.69, 9.17) is 0 Å². The maximum absolute atomic E-state index is 14.3. The third kappa shape index (κ3) is 3.68. The minimum absolute atomic E-state index is 0.0000234. The van der Waals surface area contributed by atoms with E-state index in [2.05, 4.69) is 32.2 Å². The Morgan fingerprint density at radius 2 is 1.94 bits per heavy atom. The van der Waals surface area contributed by atoms with E-state index in [1.54, 1.807) is 10.6 Å². The van der Waals surface area contributed by atoms with Crippen LogP contribution in [0.15, 0.2) is 35.4 Å². The molecule has 7 nitrogen and oxygen atoms in total. The molecule has 0 radical (unpaired) electrons. The summed E-state index contributed by atoms with van der Waals surface area (Å²) >= 11 is 0. The van der Waals surface area contributed by atoms with Crippen LogP contribution in [0.5, 0.6) is 0 Å². The first-order chi connectivity index (χ1) is 15.4. The molecule has 2 aliphatic rings. The fraction of sp³-hybridized carbons (Fsp3) is 0.417. The molecule has 1 aliphatic heterocycles. The number of H-pyrrole nitrogens is 1. The van der Waals surface area contributed by atoms with Gasteiger partial charge in [-0.05, 0) is 76.9 Å². The molecule has 0 amide bonds. The van der Waals surface area contributed by atoms with E-state index in [0.29, 0.717) is 16.6 Å². The topological polar surface area (TPSA) is 79.2 Å². The summed E-state index contributed by atoms with van der Waals surface area (Å²) in [5.74, 6) is -0.595. The largest absolute Gasteiger partial charge is 0.301 e. The van der Waals surface area contributed by atoms with Crippen LogP contribution in [0.4, 0.5) is 4.39 Å². The van der Waals surface area contributed by atoms with Crippen molar-refractivity contribution < 1.29 is 4.39 Å². The van der Waals surface area contributed by atoms with Gasteiger partial charge in [0, 0.05) is 16.5 Å². The lowest BCUT2D eigenvalue weighted by molar-refractivity contribution is 0.165. The summed E-state index contributed by atoms with van der Waals surface area (Å²) in [7, 11) is 2.28. The minimum Gasteiger partial charge on any atom is -0.301 e. The van der Waals surface area contributed by atoms with Crippen molar-refractivity contribution >= 4 is 16.4 Å². The maximum Gasteiger partial charge on any atom is 0.275 e. The first-order valence-corrected chi connectivity index (χ1v) is 11.1. The van der Waals surface area contributed by atoms with Crippen LogP contribution >= 0.6 is 0 Å². The number of aromatic amines is 1. The molecule has 32 heavy (non-hydrogen) atoms. The Morgan fingerprint density at radius 3 is 2.66 bits per heavy atom. The lowest BCUT2D eigenvalue weighted by Gasteiger charge is -2.32. The number of aryl methyl sites for hydroxylation is 2. The zero-order chi connectivity index (χ0) is 22.5. The fourth-order valence-corrected chi connectivity index (χ4v) is 4.73. The highest BCUT2D eigenvalue weighted by Crippen LogP contribution is 2.47. The fourth-order valence-electron chi connectivity index (χ4n) is 4.73. The molecule has 4 heterocycles. The van der Waals surface area contributed by atoms with Gasteiger partial charge in [0.15, 0.2) is 5.65 Å². The van der Waals surface area contributed by atoms with Gasteiger partial charge >= 0.3 is 0 Å². The van der Waals surface area contributed by atoms with Crippen LogP contribution in [0.25, 0.3) is 27.7 Å². The Balaban J connectivity index is 0.000000199. The van der Waals surface area contributed by atoms with Crippen LogP contribution in [0, 0.1) is 19.7 Å². The normalized spacial score (nSPS) is 17.5. The highest BCUT2D eigenvalue weighted by molar-refractivity contribution is 5.86. The predicted octanol–water partition coefficient (Wildman–Crippen LogP) is 4.02. The zero-order valence-electron chi connectivity index (χ0n) is 18.7. The molecule has 8 heteroatoms. The van der Waals surface area contributed by atoms with E-state index in [1.165, 1.54) is 50.9 Å². The van der Waals surface area contributed by atoms with E-state index in [1.807, 2.05) is 26.1 Å². The number of imidazole rings is 1. The number of piperidine rings is 1. The predicted molar refractivity (Wildman–Crippen MR) is 122 cm³/mol. The Hall–Kier alpha value is -3.13. The molecular formula is C24H27FN6O. The minimum atomic E-state index is -0.595. The molecule has 1 aliphatic carbocycles. The first-order valence-electron chi connectivity index (χ1n) is 11.1. The van der Waals surface area contributed by atoms with Gasteiger partial charge in [0.1, 0.15) is 5.82 Å². The monoisotopic (exact) mass is 434 g/mol. The second-order valence-electron chi connectivity index (χ2n) is 9.09. The average molecular weight is 435 g/mol. The van der Waals surface area contributed by atoms with E-state index >= 15 is 0 Å². The van der Waals surface area contributed by atoms with E-state index < -0.39 is 11.4 Å². The molecule has 6 rings (SSSR count). The highest BCUT2D eigenvalue weighted by Gasteiger charge is 2.46. The number of hydrogen-bond donors (Lipinski definition) is 1. The van der Waals surface area contributed by atoms with Crippen LogP contribution in [0.3, 0.4) is 0 Å². The van der Waals surface area contributed by atoms with Gasteiger partial charge in [-0.1, -0.05) is 6.42 Å². The van der Waals surface area contributed by atoms with Gasteiger partial charge in [0.05, 0.1) is 29.2 Å².